The van der Waals surface area contributed by atoms with E-state index in [1.807, 2.05) is 30.3 Å². The molecule has 1 aliphatic heterocycles. The lowest BCUT2D eigenvalue weighted by Gasteiger charge is -2.11. The maximum Gasteiger partial charge on any atom is 0.337 e. The second-order valence-electron chi connectivity index (χ2n) is 6.57. The number of amides is 3. The zero-order valence-corrected chi connectivity index (χ0v) is 16.2. The highest BCUT2D eigenvalue weighted by Gasteiger charge is 2.33. The second kappa shape index (κ2) is 7.88. The largest absolute Gasteiger partial charge is 0.478 e. The molecule has 2 N–H and O–H groups in total. The van der Waals surface area contributed by atoms with Crippen molar-refractivity contribution in [2.24, 2.45) is 0 Å². The Morgan fingerprint density at radius 2 is 1.87 bits per heavy atom. The van der Waals surface area contributed by atoms with Gasteiger partial charge in [0.25, 0.3) is 5.91 Å². The van der Waals surface area contributed by atoms with Crippen molar-refractivity contribution in [2.75, 3.05) is 0 Å². The molecule has 1 fully saturated rings. The third kappa shape index (κ3) is 3.83. The average molecular weight is 423 g/mol. The van der Waals surface area contributed by atoms with Crippen molar-refractivity contribution in [1.82, 2.24) is 10.2 Å². The number of hydrogen-bond donors (Lipinski definition) is 2. The summed E-state index contributed by atoms with van der Waals surface area (Å²) in [5, 5.41) is 11.9. The number of urea groups is 1. The highest BCUT2D eigenvalue weighted by atomic mass is 35.5. The van der Waals surface area contributed by atoms with Gasteiger partial charge in [0, 0.05) is 11.6 Å². The number of hydrogen-bond acceptors (Lipinski definition) is 4. The summed E-state index contributed by atoms with van der Waals surface area (Å²) in [4.78, 5) is 37.2. The number of carbonyl (C=O) groups excluding carboxylic acids is 2. The van der Waals surface area contributed by atoms with Gasteiger partial charge >= 0.3 is 12.0 Å². The number of furan rings is 1. The van der Waals surface area contributed by atoms with E-state index in [1.54, 1.807) is 18.2 Å². The van der Waals surface area contributed by atoms with Crippen LogP contribution in [0.3, 0.4) is 0 Å². The quantitative estimate of drug-likeness (QED) is 0.469. The third-order valence-corrected chi connectivity index (χ3v) is 4.87. The summed E-state index contributed by atoms with van der Waals surface area (Å²) >= 11 is 5.90. The number of carboxylic acids is 1. The van der Waals surface area contributed by atoms with Crippen LogP contribution in [0.5, 0.6) is 0 Å². The molecule has 3 aromatic rings. The first-order chi connectivity index (χ1) is 14.4. The minimum Gasteiger partial charge on any atom is -0.478 e. The molecule has 0 spiro atoms. The summed E-state index contributed by atoms with van der Waals surface area (Å²) < 4.78 is 5.71. The van der Waals surface area contributed by atoms with E-state index in [4.69, 9.17) is 16.0 Å². The van der Waals surface area contributed by atoms with Crippen molar-refractivity contribution in [3.05, 3.63) is 88.3 Å². The Balaban J connectivity index is 1.56. The van der Waals surface area contributed by atoms with Gasteiger partial charge in [0.1, 0.15) is 17.2 Å². The number of rotatable bonds is 5. The highest BCUT2D eigenvalue weighted by molar-refractivity contribution is 6.33. The van der Waals surface area contributed by atoms with E-state index in [-0.39, 0.29) is 22.8 Å². The molecule has 30 heavy (non-hydrogen) atoms. The number of aromatic carboxylic acids is 1. The van der Waals surface area contributed by atoms with Crippen LogP contribution in [0.15, 0.2) is 70.8 Å². The van der Waals surface area contributed by atoms with Crippen LogP contribution in [0.2, 0.25) is 5.02 Å². The first kappa shape index (κ1) is 19.5. The van der Waals surface area contributed by atoms with Gasteiger partial charge in [-0.05, 0) is 35.9 Å². The van der Waals surface area contributed by atoms with Gasteiger partial charge in [-0.25, -0.2) is 9.59 Å². The van der Waals surface area contributed by atoms with E-state index in [2.05, 4.69) is 5.32 Å². The topological polar surface area (TPSA) is 99.9 Å². The number of benzene rings is 2. The van der Waals surface area contributed by atoms with Crippen LogP contribution in [0.25, 0.3) is 17.4 Å². The Morgan fingerprint density at radius 1 is 1.10 bits per heavy atom. The number of nitrogens with zero attached hydrogens (tertiary/aromatic N) is 1. The Labute approximate surface area is 176 Å². The average Bonchev–Trinajstić information content (AvgIpc) is 3.29. The molecule has 0 radical (unpaired) electrons. The van der Waals surface area contributed by atoms with Gasteiger partial charge in [-0.1, -0.05) is 41.9 Å². The van der Waals surface area contributed by atoms with Crippen molar-refractivity contribution in [2.45, 2.75) is 6.54 Å². The molecule has 2 heterocycles. The Morgan fingerprint density at radius 3 is 2.60 bits per heavy atom. The summed E-state index contributed by atoms with van der Waals surface area (Å²) in [6, 6.07) is 16.5. The standard InChI is InChI=1S/C22H15ClN2O5/c23-17-8-6-14(10-16(17)21(27)28)19-9-7-15(30-19)11-18-20(26)25(22(29)24-18)12-13-4-2-1-3-5-13/h1-11H,12H2,(H,24,29)(H,27,28)/b18-11+. The number of imide groups is 1. The summed E-state index contributed by atoms with van der Waals surface area (Å²) in [6.07, 6.45) is 1.43. The zero-order valence-electron chi connectivity index (χ0n) is 15.5. The molecule has 150 valence electrons. The molecule has 4 rings (SSSR count). The molecule has 0 aliphatic carbocycles. The number of carboxylic acid groups (broad SMARTS) is 1. The molecule has 8 heteroatoms. The molecule has 3 amide bonds. The van der Waals surface area contributed by atoms with E-state index in [9.17, 15) is 19.5 Å². The summed E-state index contributed by atoms with van der Waals surface area (Å²) in [6.45, 7) is 0.162. The van der Waals surface area contributed by atoms with Gasteiger partial charge in [0.05, 0.1) is 17.1 Å². The molecule has 0 saturated carbocycles. The van der Waals surface area contributed by atoms with Crippen LogP contribution in [0.1, 0.15) is 21.7 Å². The van der Waals surface area contributed by atoms with Gasteiger partial charge in [-0.15, -0.1) is 0 Å². The van der Waals surface area contributed by atoms with E-state index in [0.29, 0.717) is 17.1 Å². The molecule has 2 aromatic carbocycles. The first-order valence-electron chi connectivity index (χ1n) is 8.94. The molecule has 1 aromatic heterocycles. The van der Waals surface area contributed by atoms with Crippen LogP contribution in [0, 0.1) is 0 Å². The summed E-state index contributed by atoms with van der Waals surface area (Å²) in [5.74, 6) is -0.865. The molecule has 1 saturated heterocycles. The van der Waals surface area contributed by atoms with E-state index < -0.39 is 17.9 Å². The van der Waals surface area contributed by atoms with Crippen molar-refractivity contribution < 1.29 is 23.9 Å². The predicted octanol–water partition coefficient (Wildman–Crippen LogP) is 4.39. The molecule has 0 bridgehead atoms. The van der Waals surface area contributed by atoms with Gasteiger partial charge in [0.15, 0.2) is 0 Å². The molecular formula is C22H15ClN2O5. The lowest BCUT2D eigenvalue weighted by atomic mass is 10.1. The predicted molar refractivity (Wildman–Crippen MR) is 110 cm³/mol. The molecule has 0 atom stereocenters. The Kier molecular flexibility index (Phi) is 5.12. The zero-order chi connectivity index (χ0) is 21.3. The minimum absolute atomic E-state index is 0.0414. The van der Waals surface area contributed by atoms with Gasteiger partial charge < -0.3 is 14.8 Å². The van der Waals surface area contributed by atoms with Crippen LogP contribution in [0.4, 0.5) is 4.79 Å². The SMILES string of the molecule is O=C(O)c1cc(-c2ccc(/C=C3/NC(=O)N(Cc4ccccc4)C3=O)o2)ccc1Cl. The smallest absolute Gasteiger partial charge is 0.337 e. The van der Waals surface area contributed by atoms with Crippen LogP contribution in [-0.4, -0.2) is 27.9 Å². The van der Waals surface area contributed by atoms with Crippen molar-refractivity contribution >= 4 is 35.6 Å². The third-order valence-electron chi connectivity index (χ3n) is 4.54. The number of carbonyl (C=O) groups is 3. The van der Waals surface area contributed by atoms with Crippen molar-refractivity contribution in [3.63, 3.8) is 0 Å². The maximum atomic E-state index is 12.6. The van der Waals surface area contributed by atoms with E-state index >= 15 is 0 Å². The fourth-order valence-electron chi connectivity index (χ4n) is 3.05. The Hall–Kier alpha value is -3.84. The van der Waals surface area contributed by atoms with Crippen LogP contribution in [-0.2, 0) is 11.3 Å². The maximum absolute atomic E-state index is 12.6. The minimum atomic E-state index is -1.14. The molecular weight excluding hydrogens is 408 g/mol. The molecule has 7 nitrogen and oxygen atoms in total. The van der Waals surface area contributed by atoms with Gasteiger partial charge in [-0.2, -0.15) is 0 Å². The number of nitrogens with one attached hydrogen (secondary N) is 1. The number of halogens is 1. The summed E-state index contributed by atoms with van der Waals surface area (Å²) in [7, 11) is 0. The van der Waals surface area contributed by atoms with Crippen LogP contribution < -0.4 is 5.32 Å². The van der Waals surface area contributed by atoms with Crippen molar-refractivity contribution in [1.29, 1.82) is 0 Å². The van der Waals surface area contributed by atoms with E-state index in [0.717, 1.165) is 10.5 Å². The van der Waals surface area contributed by atoms with Crippen LogP contribution >= 0.6 is 11.6 Å². The monoisotopic (exact) mass is 422 g/mol. The fraction of sp³-hybridized carbons (Fsp3) is 0.0455. The van der Waals surface area contributed by atoms with Crippen molar-refractivity contribution in [3.8, 4) is 11.3 Å². The lowest BCUT2D eigenvalue weighted by Crippen LogP contribution is -2.30. The van der Waals surface area contributed by atoms with Gasteiger partial charge in [-0.3, -0.25) is 9.69 Å². The molecule has 0 unspecified atom stereocenters. The summed E-state index contributed by atoms with van der Waals surface area (Å²) in [5.41, 5.74) is 1.41. The first-order valence-corrected chi connectivity index (χ1v) is 9.31. The van der Waals surface area contributed by atoms with Gasteiger partial charge in [0.2, 0.25) is 0 Å². The fourth-order valence-corrected chi connectivity index (χ4v) is 3.25. The highest BCUT2D eigenvalue weighted by Crippen LogP contribution is 2.28. The van der Waals surface area contributed by atoms with E-state index in [1.165, 1.54) is 18.2 Å². The second-order valence-corrected chi connectivity index (χ2v) is 6.97. The molecule has 1 aliphatic rings. The lowest BCUT2D eigenvalue weighted by molar-refractivity contribution is -0.123. The normalized spacial score (nSPS) is 15.0. The Bertz CT molecular complexity index is 1180.